The zero-order chi connectivity index (χ0) is 14.8. The number of unbranched alkanes of at least 4 members (excludes halogenated alkanes) is 2. The van der Waals surface area contributed by atoms with Gasteiger partial charge in [0.05, 0.1) is 12.8 Å². The molecule has 20 heavy (non-hydrogen) atoms. The minimum absolute atomic E-state index is 0.0700. The minimum atomic E-state index is -0.335. The van der Waals surface area contributed by atoms with Crippen molar-refractivity contribution in [2.24, 2.45) is 5.16 Å². The number of oxime groups is 1. The number of carbonyl (C=O) groups is 1. The molecule has 0 unspecified atom stereocenters. The van der Waals surface area contributed by atoms with Crippen molar-refractivity contribution in [3.05, 3.63) is 23.8 Å². The van der Waals surface area contributed by atoms with Crippen LogP contribution in [0.5, 0.6) is 11.5 Å². The van der Waals surface area contributed by atoms with Crippen LogP contribution in [-0.4, -0.2) is 23.9 Å². The fourth-order valence-corrected chi connectivity index (χ4v) is 1.59. The van der Waals surface area contributed by atoms with Crippen LogP contribution in [0.2, 0.25) is 0 Å². The number of nitrogens with zero attached hydrogens (tertiary/aromatic N) is 1. The van der Waals surface area contributed by atoms with Gasteiger partial charge in [0.25, 0.3) is 0 Å². The SMILES string of the molecule is CCCCCC(=O)O/N=C/c1ccc(O)c(OCC)c1. The summed E-state index contributed by atoms with van der Waals surface area (Å²) in [5.41, 5.74) is 0.688. The molecule has 0 aliphatic carbocycles. The molecule has 0 radical (unpaired) electrons. The van der Waals surface area contributed by atoms with Gasteiger partial charge < -0.3 is 14.7 Å². The molecule has 1 rings (SSSR count). The van der Waals surface area contributed by atoms with Crippen LogP contribution in [0.15, 0.2) is 23.4 Å². The number of aromatic hydroxyl groups is 1. The highest BCUT2D eigenvalue weighted by Gasteiger charge is 2.03. The number of phenolic OH excluding ortho intramolecular Hbond substituents is 1. The number of benzene rings is 1. The second-order valence-electron chi connectivity index (χ2n) is 4.32. The topological polar surface area (TPSA) is 68.1 Å². The van der Waals surface area contributed by atoms with E-state index in [1.807, 2.05) is 6.92 Å². The van der Waals surface area contributed by atoms with E-state index in [1.54, 1.807) is 12.1 Å². The standard InChI is InChI=1S/C15H21NO4/c1-3-5-6-7-15(18)20-16-11-12-8-9-13(17)14(10-12)19-4-2/h8-11,17H,3-7H2,1-2H3/b16-11+. The molecule has 0 saturated heterocycles. The van der Waals surface area contributed by atoms with E-state index in [1.165, 1.54) is 12.3 Å². The van der Waals surface area contributed by atoms with Gasteiger partial charge in [0.15, 0.2) is 11.5 Å². The summed E-state index contributed by atoms with van der Waals surface area (Å²) in [7, 11) is 0. The Morgan fingerprint density at radius 2 is 2.15 bits per heavy atom. The Balaban J connectivity index is 2.49. The highest BCUT2D eigenvalue weighted by molar-refractivity contribution is 5.81. The van der Waals surface area contributed by atoms with Crippen LogP contribution in [0.1, 0.15) is 45.1 Å². The number of hydrogen-bond acceptors (Lipinski definition) is 5. The summed E-state index contributed by atoms with van der Waals surface area (Å²) in [6, 6.07) is 4.80. The van der Waals surface area contributed by atoms with Gasteiger partial charge in [-0.05, 0) is 31.5 Å². The van der Waals surface area contributed by atoms with E-state index in [-0.39, 0.29) is 11.7 Å². The lowest BCUT2D eigenvalue weighted by atomic mass is 10.2. The van der Waals surface area contributed by atoms with Crippen LogP contribution in [0.25, 0.3) is 0 Å². The summed E-state index contributed by atoms with van der Waals surface area (Å²) >= 11 is 0. The molecule has 1 aromatic carbocycles. The van der Waals surface area contributed by atoms with E-state index in [0.29, 0.717) is 24.3 Å². The van der Waals surface area contributed by atoms with E-state index < -0.39 is 0 Å². The Bertz CT molecular complexity index is 457. The monoisotopic (exact) mass is 279 g/mol. The molecule has 1 aromatic rings. The van der Waals surface area contributed by atoms with Crippen LogP contribution in [0, 0.1) is 0 Å². The van der Waals surface area contributed by atoms with Gasteiger partial charge in [-0.2, -0.15) is 0 Å². The van der Waals surface area contributed by atoms with Crippen LogP contribution in [0.4, 0.5) is 0 Å². The number of carbonyl (C=O) groups excluding carboxylic acids is 1. The maximum Gasteiger partial charge on any atom is 0.335 e. The second kappa shape index (κ2) is 8.96. The van der Waals surface area contributed by atoms with Gasteiger partial charge in [-0.15, -0.1) is 0 Å². The smallest absolute Gasteiger partial charge is 0.335 e. The van der Waals surface area contributed by atoms with Gasteiger partial charge in [0, 0.05) is 12.0 Å². The van der Waals surface area contributed by atoms with Crippen LogP contribution < -0.4 is 4.74 Å². The summed E-state index contributed by atoms with van der Waals surface area (Å²) < 4.78 is 5.25. The van der Waals surface area contributed by atoms with Crippen molar-refractivity contribution in [1.82, 2.24) is 0 Å². The number of ether oxygens (including phenoxy) is 1. The van der Waals surface area contributed by atoms with Crippen molar-refractivity contribution in [2.45, 2.75) is 39.5 Å². The molecule has 0 fully saturated rings. The summed E-state index contributed by atoms with van der Waals surface area (Å²) in [5.74, 6) is 0.116. The largest absolute Gasteiger partial charge is 0.504 e. The highest BCUT2D eigenvalue weighted by Crippen LogP contribution is 2.26. The molecule has 0 bridgehead atoms. The summed E-state index contributed by atoms with van der Waals surface area (Å²) in [6.45, 7) is 4.36. The van der Waals surface area contributed by atoms with Crippen molar-refractivity contribution < 1.29 is 19.5 Å². The third-order valence-corrected chi connectivity index (χ3v) is 2.62. The molecular weight excluding hydrogens is 258 g/mol. The number of rotatable bonds is 8. The molecule has 0 spiro atoms. The Labute approximate surface area is 119 Å². The van der Waals surface area contributed by atoms with Gasteiger partial charge in [0.2, 0.25) is 0 Å². The Hall–Kier alpha value is -2.04. The fourth-order valence-electron chi connectivity index (χ4n) is 1.59. The molecule has 0 saturated carbocycles. The van der Waals surface area contributed by atoms with E-state index in [2.05, 4.69) is 12.1 Å². The zero-order valence-corrected chi connectivity index (χ0v) is 12.0. The van der Waals surface area contributed by atoms with Gasteiger partial charge in [0.1, 0.15) is 0 Å². The second-order valence-corrected chi connectivity index (χ2v) is 4.32. The first kappa shape index (κ1) is 16.0. The molecule has 5 nitrogen and oxygen atoms in total. The van der Waals surface area contributed by atoms with Gasteiger partial charge in [-0.25, -0.2) is 4.79 Å². The molecule has 0 aromatic heterocycles. The Kier molecular flexibility index (Phi) is 7.17. The lowest BCUT2D eigenvalue weighted by Gasteiger charge is -2.05. The van der Waals surface area contributed by atoms with Crippen molar-refractivity contribution >= 4 is 12.2 Å². The van der Waals surface area contributed by atoms with E-state index in [9.17, 15) is 9.90 Å². The lowest BCUT2D eigenvalue weighted by molar-refractivity contribution is -0.143. The number of hydrogen-bond donors (Lipinski definition) is 1. The zero-order valence-electron chi connectivity index (χ0n) is 12.0. The molecule has 5 heteroatoms. The third kappa shape index (κ3) is 5.73. The first-order valence-corrected chi connectivity index (χ1v) is 6.86. The maximum atomic E-state index is 11.3. The molecule has 1 N–H and O–H groups in total. The maximum absolute atomic E-state index is 11.3. The van der Waals surface area contributed by atoms with Crippen LogP contribution in [-0.2, 0) is 9.63 Å². The average molecular weight is 279 g/mol. The van der Waals surface area contributed by atoms with Crippen LogP contribution in [0.3, 0.4) is 0 Å². The van der Waals surface area contributed by atoms with Crippen molar-refractivity contribution in [2.75, 3.05) is 6.61 Å². The first-order chi connectivity index (χ1) is 9.67. The van der Waals surface area contributed by atoms with Gasteiger partial charge >= 0.3 is 5.97 Å². The molecule has 0 aliphatic heterocycles. The van der Waals surface area contributed by atoms with Crippen molar-refractivity contribution in [3.8, 4) is 11.5 Å². The third-order valence-electron chi connectivity index (χ3n) is 2.62. The van der Waals surface area contributed by atoms with Gasteiger partial charge in [-0.3, -0.25) is 0 Å². The normalized spacial score (nSPS) is 10.7. The quantitative estimate of drug-likeness (QED) is 0.343. The Morgan fingerprint density at radius 1 is 1.35 bits per heavy atom. The van der Waals surface area contributed by atoms with Crippen molar-refractivity contribution in [1.29, 1.82) is 0 Å². The number of phenols is 1. The first-order valence-electron chi connectivity index (χ1n) is 6.86. The molecule has 0 aliphatic rings. The molecule has 0 heterocycles. The fraction of sp³-hybridized carbons (Fsp3) is 0.467. The van der Waals surface area contributed by atoms with Crippen LogP contribution >= 0.6 is 0 Å². The summed E-state index contributed by atoms with van der Waals surface area (Å²) in [6.07, 6.45) is 4.68. The lowest BCUT2D eigenvalue weighted by Crippen LogP contribution is -1.99. The van der Waals surface area contributed by atoms with E-state index in [4.69, 9.17) is 9.57 Å². The molecular formula is C15H21NO4. The Morgan fingerprint density at radius 3 is 2.85 bits per heavy atom. The average Bonchev–Trinajstić information content (AvgIpc) is 2.43. The van der Waals surface area contributed by atoms with Crippen molar-refractivity contribution in [3.63, 3.8) is 0 Å². The predicted octanol–water partition coefficient (Wildman–Crippen LogP) is 3.25. The molecule has 110 valence electrons. The molecule has 0 atom stereocenters. The summed E-state index contributed by atoms with van der Waals surface area (Å²) in [4.78, 5) is 16.1. The highest BCUT2D eigenvalue weighted by atomic mass is 16.7. The predicted molar refractivity (Wildman–Crippen MR) is 77.1 cm³/mol. The minimum Gasteiger partial charge on any atom is -0.504 e. The summed E-state index contributed by atoms with van der Waals surface area (Å²) in [5, 5.41) is 13.2. The van der Waals surface area contributed by atoms with E-state index >= 15 is 0 Å². The molecule has 0 amide bonds. The van der Waals surface area contributed by atoms with Gasteiger partial charge in [-0.1, -0.05) is 24.9 Å². The van der Waals surface area contributed by atoms with E-state index in [0.717, 1.165) is 19.3 Å².